The molecule has 0 N–H and O–H groups in total. The Hall–Kier alpha value is -0.630. The maximum atomic E-state index is 4.43. The number of nitrogens with zero attached hydrogens (tertiary/aromatic N) is 1. The molecule has 0 aromatic carbocycles. The van der Waals surface area contributed by atoms with Gasteiger partial charge in [-0.2, -0.15) is 0 Å². The summed E-state index contributed by atoms with van der Waals surface area (Å²) in [4.78, 5) is 5.95. The highest BCUT2D eigenvalue weighted by Gasteiger charge is 2.14. The van der Waals surface area contributed by atoms with Crippen LogP contribution in [0.3, 0.4) is 0 Å². The van der Waals surface area contributed by atoms with Gasteiger partial charge in [0.25, 0.3) is 0 Å². The van der Waals surface area contributed by atoms with Crippen LogP contribution in [-0.4, -0.2) is 12.3 Å². The lowest BCUT2D eigenvalue weighted by Gasteiger charge is -2.09. The van der Waals surface area contributed by atoms with Crippen LogP contribution in [0.5, 0.6) is 0 Å². The number of hydrogen-bond acceptors (Lipinski definition) is 2. The molecule has 1 aliphatic heterocycles. The van der Waals surface area contributed by atoms with E-state index in [4.69, 9.17) is 0 Å². The summed E-state index contributed by atoms with van der Waals surface area (Å²) in [5.74, 6) is 0. The zero-order chi connectivity index (χ0) is 7.84. The Balaban J connectivity index is 2.61. The minimum atomic E-state index is 0.985. The molecular weight excluding hydrogens is 154 g/mol. The summed E-state index contributed by atoms with van der Waals surface area (Å²) >= 11 is 1.87. The summed E-state index contributed by atoms with van der Waals surface area (Å²) < 4.78 is 0. The smallest absolute Gasteiger partial charge is 0.0441 e. The monoisotopic (exact) mass is 165 g/mol. The first-order chi connectivity index (χ1) is 5.29. The highest BCUT2D eigenvalue weighted by atomic mass is 32.1. The summed E-state index contributed by atoms with van der Waals surface area (Å²) in [5.41, 5.74) is 4.04. The van der Waals surface area contributed by atoms with Gasteiger partial charge in [-0.15, -0.1) is 11.3 Å². The lowest BCUT2D eigenvalue weighted by atomic mass is 10.0. The van der Waals surface area contributed by atoms with Crippen molar-refractivity contribution in [2.24, 2.45) is 4.99 Å². The van der Waals surface area contributed by atoms with Crippen LogP contribution in [0.1, 0.15) is 22.9 Å². The maximum Gasteiger partial charge on any atom is 0.0441 e. The summed E-state index contributed by atoms with van der Waals surface area (Å²) in [7, 11) is 0. The van der Waals surface area contributed by atoms with Gasteiger partial charge in [0.05, 0.1) is 0 Å². The van der Waals surface area contributed by atoms with Crippen LogP contribution in [0.25, 0.3) is 0 Å². The van der Waals surface area contributed by atoms with Crippen LogP contribution in [-0.2, 0) is 6.42 Å². The third-order valence-electron chi connectivity index (χ3n) is 2.10. The molecule has 0 bridgehead atoms. The van der Waals surface area contributed by atoms with E-state index in [1.807, 2.05) is 11.3 Å². The molecule has 0 saturated heterocycles. The highest BCUT2D eigenvalue weighted by Crippen LogP contribution is 2.25. The molecule has 0 unspecified atom stereocenters. The molecule has 0 atom stereocenters. The van der Waals surface area contributed by atoms with Gasteiger partial charge in [-0.1, -0.05) is 0 Å². The Bertz CT molecular complexity index is 309. The normalized spacial score (nSPS) is 16.0. The molecule has 2 heteroatoms. The largest absolute Gasteiger partial charge is 0.289 e. The molecular formula is C9H11NS. The van der Waals surface area contributed by atoms with Gasteiger partial charge in [0.2, 0.25) is 0 Å². The van der Waals surface area contributed by atoms with Gasteiger partial charge < -0.3 is 0 Å². The molecule has 0 radical (unpaired) electrons. The number of rotatable bonds is 0. The van der Waals surface area contributed by atoms with Crippen molar-refractivity contribution in [3.8, 4) is 0 Å². The predicted octanol–water partition coefficient (Wildman–Crippen LogP) is 2.42. The van der Waals surface area contributed by atoms with Crippen molar-refractivity contribution in [3.05, 3.63) is 21.4 Å². The maximum absolute atomic E-state index is 4.43. The molecule has 1 nitrogen and oxygen atoms in total. The predicted molar refractivity (Wildman–Crippen MR) is 49.8 cm³/mol. The Morgan fingerprint density at radius 1 is 1.45 bits per heavy atom. The van der Waals surface area contributed by atoms with Gasteiger partial charge in [0.1, 0.15) is 0 Å². The van der Waals surface area contributed by atoms with E-state index < -0.39 is 0 Å². The van der Waals surface area contributed by atoms with Crippen LogP contribution >= 0.6 is 11.3 Å². The zero-order valence-corrected chi connectivity index (χ0v) is 7.66. The van der Waals surface area contributed by atoms with Crippen LogP contribution in [0.15, 0.2) is 10.4 Å². The standard InChI is InChI=1S/C9H11NS/c1-6-5-11-8-3-4-10-7(2)9(6)8/h5H,3-4H2,1-2H3. The van der Waals surface area contributed by atoms with Crippen molar-refractivity contribution in [2.75, 3.05) is 6.54 Å². The molecule has 58 valence electrons. The SMILES string of the molecule is CC1=NCCc2scc(C)c21. The Kier molecular flexibility index (Phi) is 1.57. The molecule has 1 aliphatic rings. The second-order valence-corrected chi connectivity index (χ2v) is 3.90. The Morgan fingerprint density at radius 2 is 2.27 bits per heavy atom. The first-order valence-corrected chi connectivity index (χ1v) is 4.75. The van der Waals surface area contributed by atoms with Gasteiger partial charge in [0, 0.05) is 29.1 Å². The van der Waals surface area contributed by atoms with Gasteiger partial charge in [-0.05, 0) is 24.8 Å². The molecule has 11 heavy (non-hydrogen) atoms. The lowest BCUT2D eigenvalue weighted by molar-refractivity contribution is 0.961. The Morgan fingerprint density at radius 3 is 3.00 bits per heavy atom. The Labute approximate surface area is 70.8 Å². The van der Waals surface area contributed by atoms with Crippen molar-refractivity contribution in [3.63, 3.8) is 0 Å². The summed E-state index contributed by atoms with van der Waals surface area (Å²) in [6, 6.07) is 0. The van der Waals surface area contributed by atoms with Crippen LogP contribution in [0, 0.1) is 6.92 Å². The number of aryl methyl sites for hydroxylation is 1. The molecule has 2 rings (SSSR count). The average Bonchev–Trinajstić information content (AvgIpc) is 2.34. The first kappa shape index (κ1) is 7.04. The number of fused-ring (bicyclic) bond motifs is 1. The molecule has 0 saturated carbocycles. The summed E-state index contributed by atoms with van der Waals surface area (Å²) in [6.45, 7) is 5.26. The van der Waals surface area contributed by atoms with E-state index in [1.165, 1.54) is 21.7 Å². The van der Waals surface area contributed by atoms with E-state index in [1.54, 1.807) is 0 Å². The van der Waals surface area contributed by atoms with E-state index in [0.29, 0.717) is 0 Å². The number of aliphatic imine (C=N–C) groups is 1. The minimum Gasteiger partial charge on any atom is -0.289 e. The van der Waals surface area contributed by atoms with E-state index in [2.05, 4.69) is 24.2 Å². The lowest BCUT2D eigenvalue weighted by Crippen LogP contribution is -2.07. The van der Waals surface area contributed by atoms with Crippen molar-refractivity contribution < 1.29 is 0 Å². The third kappa shape index (κ3) is 1.02. The minimum absolute atomic E-state index is 0.985. The fourth-order valence-corrected chi connectivity index (χ4v) is 2.65. The van der Waals surface area contributed by atoms with E-state index in [-0.39, 0.29) is 0 Å². The van der Waals surface area contributed by atoms with Crippen LogP contribution < -0.4 is 0 Å². The third-order valence-corrected chi connectivity index (χ3v) is 3.26. The van der Waals surface area contributed by atoms with Crippen LogP contribution in [0.2, 0.25) is 0 Å². The molecule has 2 heterocycles. The van der Waals surface area contributed by atoms with Gasteiger partial charge in [0.15, 0.2) is 0 Å². The fourth-order valence-electron chi connectivity index (χ4n) is 1.57. The number of thiophene rings is 1. The van der Waals surface area contributed by atoms with Crippen molar-refractivity contribution >= 4 is 17.0 Å². The topological polar surface area (TPSA) is 12.4 Å². The van der Waals surface area contributed by atoms with Gasteiger partial charge in [-0.3, -0.25) is 4.99 Å². The molecule has 0 spiro atoms. The average molecular weight is 165 g/mol. The van der Waals surface area contributed by atoms with Crippen molar-refractivity contribution in [1.82, 2.24) is 0 Å². The second-order valence-electron chi connectivity index (χ2n) is 2.93. The van der Waals surface area contributed by atoms with Gasteiger partial charge >= 0.3 is 0 Å². The van der Waals surface area contributed by atoms with E-state index in [0.717, 1.165) is 13.0 Å². The molecule has 1 aromatic rings. The molecule has 0 fully saturated rings. The molecule has 0 amide bonds. The quantitative estimate of drug-likeness (QED) is 0.560. The summed E-state index contributed by atoms with van der Waals surface area (Å²) in [6.07, 6.45) is 1.14. The van der Waals surface area contributed by atoms with Crippen LogP contribution in [0.4, 0.5) is 0 Å². The van der Waals surface area contributed by atoms with Crippen molar-refractivity contribution in [1.29, 1.82) is 0 Å². The van der Waals surface area contributed by atoms with Gasteiger partial charge in [-0.25, -0.2) is 0 Å². The zero-order valence-electron chi connectivity index (χ0n) is 6.85. The second kappa shape index (κ2) is 2.45. The van der Waals surface area contributed by atoms with E-state index >= 15 is 0 Å². The fraction of sp³-hybridized carbons (Fsp3) is 0.444. The molecule has 0 aliphatic carbocycles. The van der Waals surface area contributed by atoms with E-state index in [9.17, 15) is 0 Å². The molecule has 1 aromatic heterocycles. The van der Waals surface area contributed by atoms with Crippen molar-refractivity contribution in [2.45, 2.75) is 20.3 Å². The first-order valence-electron chi connectivity index (χ1n) is 3.87. The number of hydrogen-bond donors (Lipinski definition) is 0. The highest BCUT2D eigenvalue weighted by molar-refractivity contribution is 7.10. The summed E-state index contributed by atoms with van der Waals surface area (Å²) in [5, 5.41) is 2.23.